The molecule has 152 valence electrons. The zero-order chi connectivity index (χ0) is 19.6. The molecule has 3 aliphatic rings. The molecule has 2 amide bonds. The van der Waals surface area contributed by atoms with Gasteiger partial charge >= 0.3 is 0 Å². The van der Waals surface area contributed by atoms with E-state index < -0.39 is 5.41 Å². The van der Waals surface area contributed by atoms with Gasteiger partial charge in [-0.2, -0.15) is 0 Å². The molecule has 28 heavy (non-hydrogen) atoms. The van der Waals surface area contributed by atoms with Crippen molar-refractivity contribution >= 4 is 11.8 Å². The Bertz CT molecular complexity index is 703. The van der Waals surface area contributed by atoms with Crippen LogP contribution in [0.3, 0.4) is 0 Å². The first-order valence-electron chi connectivity index (χ1n) is 10.6. The van der Waals surface area contributed by atoms with Gasteiger partial charge in [0.1, 0.15) is 5.82 Å². The second-order valence-electron chi connectivity index (χ2n) is 8.56. The molecule has 0 bridgehead atoms. The lowest BCUT2D eigenvalue weighted by Gasteiger charge is -2.36. The number of piperazine rings is 1. The van der Waals surface area contributed by atoms with E-state index in [0.717, 1.165) is 44.3 Å². The summed E-state index contributed by atoms with van der Waals surface area (Å²) in [5, 5.41) is 3.17. The van der Waals surface area contributed by atoms with E-state index in [0.29, 0.717) is 25.7 Å². The number of hydrogen-bond donors (Lipinski definition) is 1. The Balaban J connectivity index is 1.26. The maximum absolute atomic E-state index is 13.2. The molecule has 4 rings (SSSR count). The summed E-state index contributed by atoms with van der Waals surface area (Å²) in [6, 6.07) is 6.70. The molecule has 1 heterocycles. The summed E-state index contributed by atoms with van der Waals surface area (Å²) in [5.41, 5.74) is 0.474. The molecule has 1 aromatic carbocycles. The first kappa shape index (κ1) is 19.4. The number of carbonyl (C=O) groups excluding carboxylic acids is 2. The second kappa shape index (κ2) is 8.19. The summed E-state index contributed by atoms with van der Waals surface area (Å²) in [7, 11) is 0. The van der Waals surface area contributed by atoms with Gasteiger partial charge < -0.3 is 10.2 Å². The van der Waals surface area contributed by atoms with Crippen LogP contribution in [0.4, 0.5) is 4.39 Å². The maximum atomic E-state index is 13.2. The number of nitrogens with one attached hydrogen (secondary N) is 1. The maximum Gasteiger partial charge on any atom is 0.234 e. The van der Waals surface area contributed by atoms with Crippen molar-refractivity contribution in [1.29, 1.82) is 0 Å². The highest BCUT2D eigenvalue weighted by atomic mass is 19.1. The van der Waals surface area contributed by atoms with Crippen LogP contribution >= 0.6 is 0 Å². The van der Waals surface area contributed by atoms with Gasteiger partial charge in [-0.3, -0.25) is 14.5 Å². The van der Waals surface area contributed by atoms with Crippen LogP contribution in [0.25, 0.3) is 0 Å². The Morgan fingerprint density at radius 2 is 1.64 bits per heavy atom. The van der Waals surface area contributed by atoms with Gasteiger partial charge in [0.05, 0.1) is 12.0 Å². The highest BCUT2D eigenvalue weighted by Crippen LogP contribution is 2.49. The van der Waals surface area contributed by atoms with Gasteiger partial charge in [-0.15, -0.1) is 0 Å². The molecule has 1 N–H and O–H groups in total. The number of halogens is 1. The molecule has 3 fully saturated rings. The van der Waals surface area contributed by atoms with E-state index in [9.17, 15) is 14.0 Å². The molecule has 0 unspecified atom stereocenters. The Labute approximate surface area is 166 Å². The van der Waals surface area contributed by atoms with Crippen LogP contribution in [0.15, 0.2) is 24.3 Å². The number of rotatable bonds is 5. The fourth-order valence-corrected chi connectivity index (χ4v) is 4.66. The monoisotopic (exact) mass is 387 g/mol. The predicted octanol–water partition coefficient (Wildman–Crippen LogP) is 2.45. The van der Waals surface area contributed by atoms with E-state index in [2.05, 4.69) is 10.2 Å². The van der Waals surface area contributed by atoms with Crippen LogP contribution in [0, 0.1) is 5.82 Å². The minimum Gasteiger partial charge on any atom is -0.352 e. The van der Waals surface area contributed by atoms with Crippen molar-refractivity contribution in [3.63, 3.8) is 0 Å². The summed E-state index contributed by atoms with van der Waals surface area (Å²) >= 11 is 0. The first-order valence-corrected chi connectivity index (χ1v) is 10.6. The standard InChI is InChI=1S/C22H30FN3O2/c23-18-8-6-17(7-9-18)22(10-11-22)21(28)26-14-12-25(13-15-26)16-20(27)24-19-4-2-1-3-5-19/h6-9,19H,1-5,10-16H2,(H,24,27). The van der Waals surface area contributed by atoms with Crippen LogP contribution in [0.5, 0.6) is 0 Å². The molecular weight excluding hydrogens is 357 g/mol. The van der Waals surface area contributed by atoms with Gasteiger partial charge in [-0.25, -0.2) is 4.39 Å². The lowest BCUT2D eigenvalue weighted by atomic mass is 9.94. The zero-order valence-electron chi connectivity index (χ0n) is 16.5. The second-order valence-corrected chi connectivity index (χ2v) is 8.56. The van der Waals surface area contributed by atoms with Crippen LogP contribution in [-0.4, -0.2) is 60.4 Å². The van der Waals surface area contributed by atoms with E-state index in [1.165, 1.54) is 31.4 Å². The van der Waals surface area contributed by atoms with E-state index >= 15 is 0 Å². The molecule has 0 aromatic heterocycles. The minimum absolute atomic E-state index is 0.108. The van der Waals surface area contributed by atoms with Crippen molar-refractivity contribution in [3.05, 3.63) is 35.6 Å². The van der Waals surface area contributed by atoms with E-state index in [-0.39, 0.29) is 17.6 Å². The van der Waals surface area contributed by atoms with Gasteiger partial charge in [0.25, 0.3) is 0 Å². The van der Waals surface area contributed by atoms with Gasteiger partial charge in [0.2, 0.25) is 11.8 Å². The van der Waals surface area contributed by atoms with Crippen molar-refractivity contribution in [3.8, 4) is 0 Å². The third kappa shape index (κ3) is 4.22. The summed E-state index contributed by atoms with van der Waals surface area (Å²) in [5.74, 6) is -0.00539. The predicted molar refractivity (Wildman–Crippen MR) is 105 cm³/mol. The Morgan fingerprint density at radius 3 is 2.25 bits per heavy atom. The summed E-state index contributed by atoms with van der Waals surface area (Å²) in [6.45, 7) is 3.17. The summed E-state index contributed by atoms with van der Waals surface area (Å²) < 4.78 is 13.2. The highest BCUT2D eigenvalue weighted by Gasteiger charge is 2.53. The van der Waals surface area contributed by atoms with E-state index in [1.807, 2.05) is 4.90 Å². The van der Waals surface area contributed by atoms with Crippen molar-refractivity contribution in [2.24, 2.45) is 0 Å². The third-order valence-electron chi connectivity index (χ3n) is 6.55. The summed E-state index contributed by atoms with van der Waals surface area (Å²) in [6.07, 6.45) is 7.56. The molecular formula is C22H30FN3O2. The Morgan fingerprint density at radius 1 is 1.00 bits per heavy atom. The molecule has 5 nitrogen and oxygen atoms in total. The van der Waals surface area contributed by atoms with E-state index in [1.54, 1.807) is 12.1 Å². The lowest BCUT2D eigenvalue weighted by Crippen LogP contribution is -2.53. The number of hydrogen-bond acceptors (Lipinski definition) is 3. The fraction of sp³-hybridized carbons (Fsp3) is 0.636. The Kier molecular flexibility index (Phi) is 5.67. The molecule has 2 aliphatic carbocycles. The Hall–Kier alpha value is -1.95. The molecule has 2 saturated carbocycles. The quantitative estimate of drug-likeness (QED) is 0.844. The zero-order valence-corrected chi connectivity index (χ0v) is 16.5. The van der Waals surface area contributed by atoms with Crippen LogP contribution < -0.4 is 5.32 Å². The van der Waals surface area contributed by atoms with Crippen molar-refractivity contribution in [2.45, 2.75) is 56.4 Å². The number of nitrogens with zero attached hydrogens (tertiary/aromatic N) is 2. The average Bonchev–Trinajstić information content (AvgIpc) is 3.51. The van der Waals surface area contributed by atoms with E-state index in [4.69, 9.17) is 0 Å². The van der Waals surface area contributed by atoms with Gasteiger partial charge in [-0.05, 0) is 43.4 Å². The number of benzene rings is 1. The van der Waals surface area contributed by atoms with Gasteiger partial charge in [-0.1, -0.05) is 31.4 Å². The van der Waals surface area contributed by atoms with Crippen LogP contribution in [0.2, 0.25) is 0 Å². The molecule has 0 spiro atoms. The third-order valence-corrected chi connectivity index (χ3v) is 6.55. The van der Waals surface area contributed by atoms with Crippen molar-refractivity contribution in [1.82, 2.24) is 15.1 Å². The largest absolute Gasteiger partial charge is 0.352 e. The SMILES string of the molecule is O=C(CN1CCN(C(=O)C2(c3ccc(F)cc3)CC2)CC1)NC1CCCCC1. The minimum atomic E-state index is -0.450. The molecule has 6 heteroatoms. The van der Waals surface area contributed by atoms with Gasteiger partial charge in [0, 0.05) is 32.2 Å². The van der Waals surface area contributed by atoms with Crippen LogP contribution in [-0.2, 0) is 15.0 Å². The smallest absolute Gasteiger partial charge is 0.234 e. The van der Waals surface area contributed by atoms with Crippen LogP contribution in [0.1, 0.15) is 50.5 Å². The molecule has 0 radical (unpaired) electrons. The first-order chi connectivity index (χ1) is 13.6. The average molecular weight is 387 g/mol. The number of amides is 2. The highest BCUT2D eigenvalue weighted by molar-refractivity contribution is 5.91. The summed E-state index contributed by atoms with van der Waals surface area (Å²) in [4.78, 5) is 29.5. The molecule has 1 aromatic rings. The normalized spacial score (nSPS) is 22.7. The molecule has 0 atom stereocenters. The topological polar surface area (TPSA) is 52.7 Å². The van der Waals surface area contributed by atoms with Crippen molar-refractivity contribution in [2.75, 3.05) is 32.7 Å². The number of carbonyl (C=O) groups is 2. The molecule has 1 saturated heterocycles. The van der Waals surface area contributed by atoms with Crippen molar-refractivity contribution < 1.29 is 14.0 Å². The molecule has 1 aliphatic heterocycles. The van der Waals surface area contributed by atoms with Gasteiger partial charge in [0.15, 0.2) is 0 Å². The lowest BCUT2D eigenvalue weighted by molar-refractivity contribution is -0.136. The fourth-order valence-electron chi connectivity index (χ4n) is 4.66.